The summed E-state index contributed by atoms with van der Waals surface area (Å²) in [5, 5.41) is 3.79. The van der Waals surface area contributed by atoms with Crippen LogP contribution in [0.1, 0.15) is 15.9 Å². The van der Waals surface area contributed by atoms with Gasteiger partial charge in [-0.05, 0) is 36.2 Å². The van der Waals surface area contributed by atoms with Crippen molar-refractivity contribution in [1.82, 2.24) is 4.98 Å². The molecule has 1 aromatic heterocycles. The number of esters is 1. The summed E-state index contributed by atoms with van der Waals surface area (Å²) in [7, 11) is 1.31. The highest BCUT2D eigenvalue weighted by Gasteiger charge is 2.17. The maximum Gasteiger partial charge on any atom is 0.337 e. The standard InChI is InChI=1S/C19H19N3O3/c1-25-19(24)12-5-4-6-14(9-12)22-18(23)16(20)10-13-11-21-17-8-3-2-7-15(13)17/h2-9,11,16,21H,10,20H2,1H3,(H,22,23)/t16-/m0/s1. The second-order valence-corrected chi connectivity index (χ2v) is 5.73. The van der Waals surface area contributed by atoms with Gasteiger partial charge in [-0.1, -0.05) is 24.3 Å². The van der Waals surface area contributed by atoms with Crippen molar-refractivity contribution in [2.75, 3.05) is 12.4 Å². The van der Waals surface area contributed by atoms with E-state index in [1.807, 2.05) is 30.5 Å². The van der Waals surface area contributed by atoms with E-state index in [0.29, 0.717) is 17.7 Å². The van der Waals surface area contributed by atoms with Crippen LogP contribution in [0.4, 0.5) is 5.69 Å². The fourth-order valence-electron chi connectivity index (χ4n) is 2.71. The Morgan fingerprint density at radius 2 is 2.00 bits per heavy atom. The normalized spacial score (nSPS) is 11.9. The largest absolute Gasteiger partial charge is 0.465 e. The number of carbonyl (C=O) groups excluding carboxylic acids is 2. The van der Waals surface area contributed by atoms with Crippen molar-refractivity contribution in [2.45, 2.75) is 12.5 Å². The molecule has 0 saturated carbocycles. The molecular formula is C19H19N3O3. The van der Waals surface area contributed by atoms with Gasteiger partial charge in [0.2, 0.25) is 5.91 Å². The van der Waals surface area contributed by atoms with Gasteiger partial charge in [0, 0.05) is 22.8 Å². The number of fused-ring (bicyclic) bond motifs is 1. The van der Waals surface area contributed by atoms with Gasteiger partial charge in [0.05, 0.1) is 18.7 Å². The third-order valence-corrected chi connectivity index (χ3v) is 4.00. The summed E-state index contributed by atoms with van der Waals surface area (Å²) in [6.07, 6.45) is 2.28. The van der Waals surface area contributed by atoms with Gasteiger partial charge < -0.3 is 20.8 Å². The number of H-pyrrole nitrogens is 1. The van der Waals surface area contributed by atoms with E-state index in [0.717, 1.165) is 16.5 Å². The Morgan fingerprint density at radius 1 is 1.20 bits per heavy atom. The smallest absolute Gasteiger partial charge is 0.337 e. The first-order chi connectivity index (χ1) is 12.1. The maximum absolute atomic E-state index is 12.4. The van der Waals surface area contributed by atoms with Crippen LogP contribution in [0.5, 0.6) is 0 Å². The number of amides is 1. The molecule has 0 saturated heterocycles. The topological polar surface area (TPSA) is 97.2 Å². The number of anilines is 1. The fourth-order valence-corrected chi connectivity index (χ4v) is 2.71. The summed E-state index contributed by atoms with van der Waals surface area (Å²) in [4.78, 5) is 27.1. The first kappa shape index (κ1) is 16.7. The highest BCUT2D eigenvalue weighted by molar-refractivity contribution is 5.97. The number of aromatic amines is 1. The second-order valence-electron chi connectivity index (χ2n) is 5.73. The second kappa shape index (κ2) is 7.19. The highest BCUT2D eigenvalue weighted by Crippen LogP contribution is 2.19. The van der Waals surface area contributed by atoms with Crippen molar-refractivity contribution >= 4 is 28.5 Å². The minimum absolute atomic E-state index is 0.313. The molecule has 6 nitrogen and oxygen atoms in total. The summed E-state index contributed by atoms with van der Waals surface area (Å²) in [6, 6.07) is 13.7. The molecule has 1 heterocycles. The molecule has 0 aliphatic rings. The van der Waals surface area contributed by atoms with E-state index >= 15 is 0 Å². The van der Waals surface area contributed by atoms with Gasteiger partial charge in [-0.15, -0.1) is 0 Å². The van der Waals surface area contributed by atoms with Gasteiger partial charge in [-0.2, -0.15) is 0 Å². The molecule has 3 rings (SSSR count). The average Bonchev–Trinajstić information content (AvgIpc) is 3.04. The maximum atomic E-state index is 12.4. The van der Waals surface area contributed by atoms with Crippen molar-refractivity contribution in [1.29, 1.82) is 0 Å². The van der Waals surface area contributed by atoms with Gasteiger partial charge in [0.15, 0.2) is 0 Å². The summed E-state index contributed by atoms with van der Waals surface area (Å²) in [5.74, 6) is -0.772. The molecule has 0 radical (unpaired) electrons. The Bertz CT molecular complexity index is 917. The number of ether oxygens (including phenoxy) is 1. The van der Waals surface area contributed by atoms with Crippen LogP contribution in [0.2, 0.25) is 0 Å². The number of para-hydroxylation sites is 1. The van der Waals surface area contributed by atoms with Crippen LogP contribution in [0, 0.1) is 0 Å². The lowest BCUT2D eigenvalue weighted by Gasteiger charge is -2.12. The fraction of sp³-hybridized carbons (Fsp3) is 0.158. The lowest BCUT2D eigenvalue weighted by atomic mass is 10.0. The Hall–Kier alpha value is -3.12. The third-order valence-electron chi connectivity index (χ3n) is 4.00. The molecule has 1 amide bonds. The molecule has 0 aliphatic carbocycles. The molecule has 2 aromatic carbocycles. The zero-order valence-corrected chi connectivity index (χ0v) is 13.8. The van der Waals surface area contributed by atoms with E-state index < -0.39 is 12.0 Å². The average molecular weight is 337 g/mol. The monoisotopic (exact) mass is 337 g/mol. The van der Waals surface area contributed by atoms with Crippen LogP contribution >= 0.6 is 0 Å². The molecule has 128 valence electrons. The number of carbonyl (C=O) groups is 2. The lowest BCUT2D eigenvalue weighted by molar-refractivity contribution is -0.117. The van der Waals surface area contributed by atoms with Gasteiger partial charge >= 0.3 is 5.97 Å². The Labute approximate surface area is 145 Å². The van der Waals surface area contributed by atoms with Gasteiger partial charge in [-0.25, -0.2) is 4.79 Å². The molecular weight excluding hydrogens is 318 g/mol. The van der Waals surface area contributed by atoms with E-state index in [-0.39, 0.29) is 5.91 Å². The predicted octanol–water partition coefficient (Wildman–Crippen LogP) is 2.46. The molecule has 0 fully saturated rings. The number of benzene rings is 2. The molecule has 0 unspecified atom stereocenters. The van der Waals surface area contributed by atoms with Crippen LogP contribution in [0.15, 0.2) is 54.7 Å². The molecule has 1 atom stereocenters. The molecule has 3 aromatic rings. The van der Waals surface area contributed by atoms with Crippen molar-refractivity contribution in [3.05, 3.63) is 65.9 Å². The Kier molecular flexibility index (Phi) is 4.81. The van der Waals surface area contributed by atoms with Crippen LogP contribution in [0.3, 0.4) is 0 Å². The van der Waals surface area contributed by atoms with Gasteiger partial charge in [0.25, 0.3) is 0 Å². The SMILES string of the molecule is COC(=O)c1cccc(NC(=O)[C@@H](N)Cc2c[nH]c3ccccc23)c1. The molecule has 0 bridgehead atoms. The number of nitrogens with one attached hydrogen (secondary N) is 2. The minimum Gasteiger partial charge on any atom is -0.465 e. The minimum atomic E-state index is -0.707. The first-order valence-corrected chi connectivity index (χ1v) is 7.88. The molecule has 0 aliphatic heterocycles. The molecule has 0 spiro atoms. The predicted molar refractivity (Wildman–Crippen MR) is 96.4 cm³/mol. The van der Waals surface area contributed by atoms with Crippen molar-refractivity contribution in [3.63, 3.8) is 0 Å². The Morgan fingerprint density at radius 3 is 2.80 bits per heavy atom. The summed E-state index contributed by atoms with van der Waals surface area (Å²) < 4.78 is 4.67. The van der Waals surface area contributed by atoms with Crippen molar-refractivity contribution in [2.24, 2.45) is 5.73 Å². The Balaban J connectivity index is 1.70. The number of methoxy groups -OCH3 is 1. The zero-order valence-electron chi connectivity index (χ0n) is 13.8. The summed E-state index contributed by atoms with van der Waals surface area (Å²) in [6.45, 7) is 0. The van der Waals surface area contributed by atoms with Crippen LogP contribution in [-0.2, 0) is 16.0 Å². The first-order valence-electron chi connectivity index (χ1n) is 7.88. The number of rotatable bonds is 5. The third kappa shape index (κ3) is 3.70. The summed E-state index contributed by atoms with van der Waals surface area (Å²) in [5.41, 5.74) is 8.92. The van der Waals surface area contributed by atoms with Crippen LogP contribution in [-0.4, -0.2) is 30.0 Å². The van der Waals surface area contributed by atoms with E-state index in [9.17, 15) is 9.59 Å². The zero-order chi connectivity index (χ0) is 17.8. The van der Waals surface area contributed by atoms with Crippen molar-refractivity contribution in [3.8, 4) is 0 Å². The number of nitrogens with two attached hydrogens (primary N) is 1. The molecule has 6 heteroatoms. The number of aromatic nitrogens is 1. The van der Waals surface area contributed by atoms with E-state index in [1.165, 1.54) is 7.11 Å². The quantitative estimate of drug-likeness (QED) is 0.623. The number of hydrogen-bond donors (Lipinski definition) is 3. The molecule has 25 heavy (non-hydrogen) atoms. The molecule has 4 N–H and O–H groups in total. The lowest BCUT2D eigenvalue weighted by Crippen LogP contribution is -2.37. The number of hydrogen-bond acceptors (Lipinski definition) is 4. The van der Waals surface area contributed by atoms with Crippen LogP contribution in [0.25, 0.3) is 10.9 Å². The van der Waals surface area contributed by atoms with E-state index in [1.54, 1.807) is 24.3 Å². The summed E-state index contributed by atoms with van der Waals surface area (Å²) >= 11 is 0. The van der Waals surface area contributed by atoms with E-state index in [4.69, 9.17) is 5.73 Å². The van der Waals surface area contributed by atoms with Gasteiger partial charge in [0.1, 0.15) is 0 Å². The van der Waals surface area contributed by atoms with Crippen molar-refractivity contribution < 1.29 is 14.3 Å². The highest BCUT2D eigenvalue weighted by atomic mass is 16.5. The van der Waals surface area contributed by atoms with E-state index in [2.05, 4.69) is 15.0 Å². The van der Waals surface area contributed by atoms with Crippen LogP contribution < -0.4 is 11.1 Å². The van der Waals surface area contributed by atoms with Gasteiger partial charge in [-0.3, -0.25) is 4.79 Å².